The van der Waals surface area contributed by atoms with Crippen LogP contribution in [0.3, 0.4) is 0 Å². The van der Waals surface area contributed by atoms with Gasteiger partial charge in [0.25, 0.3) is 5.91 Å². The Balaban J connectivity index is 1.93. The number of aryl methyl sites for hydroxylation is 1. The Morgan fingerprint density at radius 3 is 2.90 bits per heavy atom. The molecule has 1 aliphatic heterocycles. The lowest BCUT2D eigenvalue weighted by Crippen LogP contribution is -2.39. The van der Waals surface area contributed by atoms with Crippen molar-refractivity contribution in [3.63, 3.8) is 0 Å². The Hall–Kier alpha value is -1.62. The molecule has 0 unspecified atom stereocenters. The van der Waals surface area contributed by atoms with Gasteiger partial charge in [0, 0.05) is 36.2 Å². The number of nitrogens with zero attached hydrogens (tertiary/aromatic N) is 3. The van der Waals surface area contributed by atoms with E-state index >= 15 is 0 Å². The molecule has 2 aromatic heterocycles. The second-order valence-corrected chi connectivity index (χ2v) is 6.24. The van der Waals surface area contributed by atoms with Crippen molar-refractivity contribution in [2.24, 2.45) is 7.05 Å². The average molecular weight is 348 g/mol. The second-order valence-electron chi connectivity index (χ2n) is 5.39. The number of carbonyl (C=O) groups excluding carboxylic acids is 1. The predicted octanol–water partition coefficient (Wildman–Crippen LogP) is 3.55. The number of piperidine rings is 1. The van der Waals surface area contributed by atoms with E-state index in [-0.39, 0.29) is 11.9 Å². The van der Waals surface area contributed by atoms with E-state index < -0.39 is 0 Å². The molecule has 0 N–H and O–H groups in total. The molecule has 3 rings (SSSR count). The molecule has 0 aromatic carbocycles. The van der Waals surface area contributed by atoms with E-state index in [0.717, 1.165) is 30.3 Å². The summed E-state index contributed by atoms with van der Waals surface area (Å²) in [5, 5.41) is 0. The molecule has 21 heavy (non-hydrogen) atoms. The number of aromatic nitrogens is 2. The molecule has 0 radical (unpaired) electrons. The van der Waals surface area contributed by atoms with Crippen molar-refractivity contribution < 1.29 is 4.79 Å². The van der Waals surface area contributed by atoms with Gasteiger partial charge in [-0.25, -0.2) is 4.98 Å². The van der Waals surface area contributed by atoms with E-state index in [9.17, 15) is 4.79 Å². The number of likely N-dealkylation sites (tertiary alicyclic amines) is 1. The minimum Gasteiger partial charge on any atom is -0.353 e. The first-order chi connectivity index (χ1) is 10.2. The number of hydrogen-bond donors (Lipinski definition) is 0. The Kier molecular flexibility index (Phi) is 4.10. The molecule has 3 heterocycles. The van der Waals surface area contributed by atoms with Crippen LogP contribution in [0.2, 0.25) is 0 Å². The van der Waals surface area contributed by atoms with Crippen LogP contribution in [-0.2, 0) is 7.05 Å². The lowest BCUT2D eigenvalue weighted by molar-refractivity contribution is 0.0595. The van der Waals surface area contributed by atoms with E-state index in [0.29, 0.717) is 5.69 Å². The Bertz CT molecular complexity index is 652. The van der Waals surface area contributed by atoms with Crippen LogP contribution >= 0.6 is 15.9 Å². The van der Waals surface area contributed by atoms with Crippen molar-refractivity contribution in [2.75, 3.05) is 6.54 Å². The van der Waals surface area contributed by atoms with Crippen LogP contribution in [0.25, 0.3) is 0 Å². The van der Waals surface area contributed by atoms with Gasteiger partial charge in [0.15, 0.2) is 0 Å². The third-order valence-electron chi connectivity index (χ3n) is 4.05. The van der Waals surface area contributed by atoms with Gasteiger partial charge in [-0.3, -0.25) is 4.79 Å². The highest BCUT2D eigenvalue weighted by atomic mass is 79.9. The lowest BCUT2D eigenvalue weighted by atomic mass is 9.98. The van der Waals surface area contributed by atoms with Gasteiger partial charge >= 0.3 is 0 Å². The van der Waals surface area contributed by atoms with E-state index in [4.69, 9.17) is 0 Å². The zero-order valence-corrected chi connectivity index (χ0v) is 13.6. The Morgan fingerprint density at radius 1 is 1.33 bits per heavy atom. The van der Waals surface area contributed by atoms with E-state index in [1.165, 1.54) is 5.69 Å². The first-order valence-electron chi connectivity index (χ1n) is 7.21. The first-order valence-corrected chi connectivity index (χ1v) is 8.00. The molecule has 4 nitrogen and oxygen atoms in total. The van der Waals surface area contributed by atoms with E-state index in [1.54, 1.807) is 6.20 Å². The number of carbonyl (C=O) groups is 1. The molecule has 1 saturated heterocycles. The largest absolute Gasteiger partial charge is 0.353 e. The summed E-state index contributed by atoms with van der Waals surface area (Å²) in [4.78, 5) is 19.1. The lowest BCUT2D eigenvalue weighted by Gasteiger charge is -2.36. The van der Waals surface area contributed by atoms with Crippen molar-refractivity contribution in [3.05, 3.63) is 52.5 Å². The van der Waals surface area contributed by atoms with Crippen LogP contribution in [0.15, 0.2) is 41.1 Å². The quantitative estimate of drug-likeness (QED) is 0.833. The summed E-state index contributed by atoms with van der Waals surface area (Å²) in [6.07, 6.45) is 6.91. The van der Waals surface area contributed by atoms with Gasteiger partial charge in [-0.15, -0.1) is 0 Å². The molecule has 2 aromatic rings. The predicted molar refractivity (Wildman–Crippen MR) is 85.0 cm³/mol. The molecule has 5 heteroatoms. The fraction of sp³-hybridized carbons (Fsp3) is 0.375. The Labute approximate surface area is 132 Å². The van der Waals surface area contributed by atoms with Gasteiger partial charge in [-0.2, -0.15) is 0 Å². The second kappa shape index (κ2) is 6.02. The summed E-state index contributed by atoms with van der Waals surface area (Å²) in [6.45, 7) is 0.789. The van der Waals surface area contributed by atoms with Gasteiger partial charge in [-0.05, 0) is 59.5 Å². The number of pyridine rings is 1. The zero-order chi connectivity index (χ0) is 14.8. The SMILES string of the molecule is Cn1cccc1[C@@H]1CCCCN1C(=O)c1ncccc1Br. The van der Waals surface area contributed by atoms with Crippen molar-refractivity contribution in [1.82, 2.24) is 14.5 Å². The number of hydrogen-bond acceptors (Lipinski definition) is 2. The van der Waals surface area contributed by atoms with Crippen LogP contribution in [0.1, 0.15) is 41.5 Å². The summed E-state index contributed by atoms with van der Waals surface area (Å²) in [5.41, 5.74) is 1.69. The molecule has 110 valence electrons. The zero-order valence-electron chi connectivity index (χ0n) is 12.0. The van der Waals surface area contributed by atoms with Crippen LogP contribution in [0.4, 0.5) is 0 Å². The number of halogens is 1. The standard InChI is InChI=1S/C16H18BrN3O/c1-19-10-5-8-13(19)14-7-2-3-11-20(14)16(21)15-12(17)6-4-9-18-15/h4-6,8-10,14H,2-3,7,11H2,1H3/t14-/m0/s1. The third-order valence-corrected chi connectivity index (χ3v) is 4.69. The van der Waals surface area contributed by atoms with Crippen molar-refractivity contribution >= 4 is 21.8 Å². The molecular formula is C16H18BrN3O. The molecule has 0 bridgehead atoms. The molecule has 1 aliphatic rings. The summed E-state index contributed by atoms with van der Waals surface area (Å²) < 4.78 is 2.86. The number of rotatable bonds is 2. The monoisotopic (exact) mass is 347 g/mol. The maximum absolute atomic E-state index is 12.9. The minimum absolute atomic E-state index is 0.00775. The molecule has 0 spiro atoms. The minimum atomic E-state index is 0.00775. The smallest absolute Gasteiger partial charge is 0.274 e. The topological polar surface area (TPSA) is 38.1 Å². The van der Waals surface area contributed by atoms with Gasteiger partial charge in [0.05, 0.1) is 6.04 Å². The fourth-order valence-corrected chi connectivity index (χ4v) is 3.41. The molecule has 0 aliphatic carbocycles. The fourth-order valence-electron chi connectivity index (χ4n) is 2.98. The molecule has 0 saturated carbocycles. The highest BCUT2D eigenvalue weighted by Gasteiger charge is 2.31. The van der Waals surface area contributed by atoms with Crippen LogP contribution in [0, 0.1) is 0 Å². The van der Waals surface area contributed by atoms with E-state index in [1.807, 2.05) is 36.3 Å². The molecular weight excluding hydrogens is 330 g/mol. The van der Waals surface area contributed by atoms with Gasteiger partial charge in [0.1, 0.15) is 5.69 Å². The van der Waals surface area contributed by atoms with E-state index in [2.05, 4.69) is 31.5 Å². The van der Waals surface area contributed by atoms with Crippen molar-refractivity contribution in [1.29, 1.82) is 0 Å². The van der Waals surface area contributed by atoms with Crippen LogP contribution in [0.5, 0.6) is 0 Å². The summed E-state index contributed by atoms with van der Waals surface area (Å²) in [5.74, 6) is 0.00775. The maximum atomic E-state index is 12.9. The van der Waals surface area contributed by atoms with Gasteiger partial charge in [0.2, 0.25) is 0 Å². The van der Waals surface area contributed by atoms with Gasteiger partial charge < -0.3 is 9.47 Å². The highest BCUT2D eigenvalue weighted by molar-refractivity contribution is 9.10. The third kappa shape index (κ3) is 2.75. The van der Waals surface area contributed by atoms with Crippen molar-refractivity contribution in [3.8, 4) is 0 Å². The maximum Gasteiger partial charge on any atom is 0.274 e. The first kappa shape index (κ1) is 14.3. The van der Waals surface area contributed by atoms with Crippen LogP contribution in [-0.4, -0.2) is 26.9 Å². The molecule has 1 fully saturated rings. The van der Waals surface area contributed by atoms with Crippen LogP contribution < -0.4 is 0 Å². The number of amides is 1. The van der Waals surface area contributed by atoms with Crippen molar-refractivity contribution in [2.45, 2.75) is 25.3 Å². The summed E-state index contributed by atoms with van der Waals surface area (Å²) in [7, 11) is 2.03. The Morgan fingerprint density at radius 2 is 2.19 bits per heavy atom. The molecule has 1 amide bonds. The van der Waals surface area contributed by atoms with Gasteiger partial charge in [-0.1, -0.05) is 0 Å². The average Bonchev–Trinajstić information content (AvgIpc) is 2.93. The summed E-state index contributed by atoms with van der Waals surface area (Å²) >= 11 is 3.43. The molecule has 1 atom stereocenters. The highest BCUT2D eigenvalue weighted by Crippen LogP contribution is 2.32. The normalized spacial score (nSPS) is 18.8. The summed E-state index contributed by atoms with van der Waals surface area (Å²) in [6, 6.07) is 7.96.